The van der Waals surface area contributed by atoms with Crippen molar-refractivity contribution in [2.45, 2.75) is 17.4 Å². The maximum Gasteiger partial charge on any atom is 0.321 e. The molecule has 5 nitrogen and oxygen atoms in total. The highest BCUT2D eigenvalue weighted by Crippen LogP contribution is 2.29. The third kappa shape index (κ3) is 4.53. The molecule has 112 valence electrons. The van der Waals surface area contributed by atoms with Gasteiger partial charge in [-0.15, -0.1) is 0 Å². The Morgan fingerprint density at radius 1 is 1.45 bits per heavy atom. The number of thioether (sulfide) groups is 1. The average molecular weight is 358 g/mol. The lowest BCUT2D eigenvalue weighted by Crippen LogP contribution is -2.41. The quantitative estimate of drug-likeness (QED) is 0.782. The van der Waals surface area contributed by atoms with Gasteiger partial charge in [0.15, 0.2) is 0 Å². The van der Waals surface area contributed by atoms with Crippen LogP contribution in [0.25, 0.3) is 0 Å². The van der Waals surface area contributed by atoms with Crippen LogP contribution in [0.3, 0.4) is 0 Å². The second kappa shape index (κ2) is 7.51. The highest BCUT2D eigenvalue weighted by atomic mass is 35.5. The summed E-state index contributed by atoms with van der Waals surface area (Å²) in [6.45, 7) is 0. The van der Waals surface area contributed by atoms with Crippen LogP contribution >= 0.6 is 35.0 Å². The highest BCUT2D eigenvalue weighted by molar-refractivity contribution is 7.98. The molecule has 0 spiro atoms. The molecule has 0 heterocycles. The lowest BCUT2D eigenvalue weighted by Gasteiger charge is -2.15. The van der Waals surface area contributed by atoms with Crippen LogP contribution in [0, 0.1) is 0 Å². The predicted molar refractivity (Wildman–Crippen MR) is 81.2 cm³/mol. The van der Waals surface area contributed by atoms with Crippen molar-refractivity contribution in [3.05, 3.63) is 28.2 Å². The van der Waals surface area contributed by atoms with Gasteiger partial charge in [0.2, 0.25) is 10.0 Å². The number of rotatable bonds is 7. The molecular weight excluding hydrogens is 345 g/mol. The molecule has 0 unspecified atom stereocenters. The fourth-order valence-electron chi connectivity index (χ4n) is 1.41. The molecule has 0 fully saturated rings. The minimum Gasteiger partial charge on any atom is -0.480 e. The predicted octanol–water partition coefficient (Wildman–Crippen LogP) is 2.48. The zero-order chi connectivity index (χ0) is 15.3. The lowest BCUT2D eigenvalue weighted by molar-refractivity contribution is -0.139. The van der Waals surface area contributed by atoms with Gasteiger partial charge in [0.05, 0.1) is 10.0 Å². The van der Waals surface area contributed by atoms with Gasteiger partial charge in [-0.1, -0.05) is 29.3 Å². The minimum atomic E-state index is -4.04. The van der Waals surface area contributed by atoms with Crippen LogP contribution in [0.4, 0.5) is 0 Å². The summed E-state index contributed by atoms with van der Waals surface area (Å²) < 4.78 is 26.4. The molecule has 1 aromatic rings. The van der Waals surface area contributed by atoms with E-state index in [2.05, 4.69) is 4.72 Å². The molecule has 0 bridgehead atoms. The second-order valence-corrected chi connectivity index (χ2v) is 7.30. The van der Waals surface area contributed by atoms with Gasteiger partial charge in [0, 0.05) is 0 Å². The van der Waals surface area contributed by atoms with E-state index in [0.29, 0.717) is 5.75 Å². The Morgan fingerprint density at radius 3 is 2.65 bits per heavy atom. The zero-order valence-electron chi connectivity index (χ0n) is 10.5. The number of carboxylic acid groups (broad SMARTS) is 1. The van der Waals surface area contributed by atoms with E-state index in [9.17, 15) is 13.2 Å². The van der Waals surface area contributed by atoms with Crippen LogP contribution < -0.4 is 4.72 Å². The molecule has 0 amide bonds. The Balaban J connectivity index is 3.04. The van der Waals surface area contributed by atoms with Crippen LogP contribution in [0.15, 0.2) is 23.1 Å². The van der Waals surface area contributed by atoms with Gasteiger partial charge in [-0.3, -0.25) is 4.79 Å². The van der Waals surface area contributed by atoms with Crippen LogP contribution in [0.1, 0.15) is 6.42 Å². The summed E-state index contributed by atoms with van der Waals surface area (Å²) in [7, 11) is -4.04. The first-order valence-electron chi connectivity index (χ1n) is 5.47. The van der Waals surface area contributed by atoms with E-state index in [1.807, 2.05) is 0 Å². The number of aliphatic carboxylic acids is 1. The van der Waals surface area contributed by atoms with Crippen molar-refractivity contribution in [3.8, 4) is 0 Å². The third-order valence-corrected chi connectivity index (χ3v) is 5.50. The summed E-state index contributed by atoms with van der Waals surface area (Å²) in [5, 5.41) is 9.00. The molecule has 0 aliphatic rings. The van der Waals surface area contributed by atoms with Gasteiger partial charge in [-0.05, 0) is 30.6 Å². The van der Waals surface area contributed by atoms with E-state index in [1.165, 1.54) is 30.0 Å². The third-order valence-electron chi connectivity index (χ3n) is 2.41. The maximum atomic E-state index is 12.2. The summed E-state index contributed by atoms with van der Waals surface area (Å²) >= 11 is 13.0. The number of benzene rings is 1. The number of sulfonamides is 1. The molecule has 1 atom stereocenters. The first-order valence-corrected chi connectivity index (χ1v) is 9.11. The van der Waals surface area contributed by atoms with Crippen molar-refractivity contribution in [1.29, 1.82) is 0 Å². The Morgan fingerprint density at radius 2 is 2.10 bits per heavy atom. The van der Waals surface area contributed by atoms with Gasteiger partial charge in [-0.25, -0.2) is 8.42 Å². The van der Waals surface area contributed by atoms with E-state index in [0.717, 1.165) is 0 Å². The summed E-state index contributed by atoms with van der Waals surface area (Å²) in [6.07, 6.45) is 1.98. The molecule has 0 aliphatic carbocycles. The smallest absolute Gasteiger partial charge is 0.321 e. The summed E-state index contributed by atoms with van der Waals surface area (Å²) in [5.41, 5.74) is 0. The van der Waals surface area contributed by atoms with Gasteiger partial charge in [-0.2, -0.15) is 16.5 Å². The average Bonchev–Trinajstić information content (AvgIpc) is 2.37. The Kier molecular flexibility index (Phi) is 6.60. The molecule has 20 heavy (non-hydrogen) atoms. The van der Waals surface area contributed by atoms with Crippen LogP contribution in [0.2, 0.25) is 10.0 Å². The van der Waals surface area contributed by atoms with E-state index in [-0.39, 0.29) is 21.4 Å². The molecule has 0 aromatic heterocycles. The van der Waals surface area contributed by atoms with Crippen molar-refractivity contribution in [2.75, 3.05) is 12.0 Å². The molecule has 1 rings (SSSR count). The molecule has 0 aliphatic heterocycles. The molecule has 0 radical (unpaired) electrons. The Hall–Kier alpha value is -0.470. The number of hydrogen-bond donors (Lipinski definition) is 2. The monoisotopic (exact) mass is 357 g/mol. The SMILES string of the molecule is CSCC[C@H](NS(=O)(=O)c1cccc(Cl)c1Cl)C(=O)O. The van der Waals surface area contributed by atoms with E-state index in [4.69, 9.17) is 28.3 Å². The van der Waals surface area contributed by atoms with Crippen molar-refractivity contribution < 1.29 is 18.3 Å². The Labute approximate surface area is 131 Å². The first-order chi connectivity index (χ1) is 9.29. The number of halogens is 2. The van der Waals surface area contributed by atoms with Gasteiger partial charge >= 0.3 is 5.97 Å². The lowest BCUT2D eigenvalue weighted by atomic mass is 10.2. The van der Waals surface area contributed by atoms with Crippen LogP contribution in [-0.4, -0.2) is 37.5 Å². The summed E-state index contributed by atoms with van der Waals surface area (Å²) in [6, 6.07) is 2.94. The van der Waals surface area contributed by atoms with Gasteiger partial charge in [0.25, 0.3) is 0 Å². The first kappa shape index (κ1) is 17.6. The fourth-order valence-corrected chi connectivity index (χ4v) is 3.87. The normalized spacial score (nSPS) is 13.2. The van der Waals surface area contributed by atoms with Crippen molar-refractivity contribution in [1.82, 2.24) is 4.72 Å². The number of nitrogens with one attached hydrogen (secondary N) is 1. The number of carbonyl (C=O) groups is 1. The highest BCUT2D eigenvalue weighted by Gasteiger charge is 2.27. The summed E-state index contributed by atoms with van der Waals surface area (Å²) in [4.78, 5) is 10.8. The van der Waals surface area contributed by atoms with Gasteiger partial charge in [0.1, 0.15) is 10.9 Å². The van der Waals surface area contributed by atoms with Crippen molar-refractivity contribution in [3.63, 3.8) is 0 Å². The van der Waals surface area contributed by atoms with Crippen molar-refractivity contribution >= 4 is 51.0 Å². The van der Waals surface area contributed by atoms with Crippen LogP contribution in [0.5, 0.6) is 0 Å². The molecule has 9 heteroatoms. The van der Waals surface area contributed by atoms with E-state index < -0.39 is 22.0 Å². The summed E-state index contributed by atoms with van der Waals surface area (Å²) in [5.74, 6) is -0.719. The molecule has 1 aromatic carbocycles. The fraction of sp³-hybridized carbons (Fsp3) is 0.364. The Bertz CT molecular complexity index is 592. The standard InChI is InChI=1S/C11H13Cl2NO4S2/c1-19-6-5-8(11(15)16)14-20(17,18)9-4-2-3-7(12)10(9)13/h2-4,8,14H,5-6H2,1H3,(H,15,16)/t8-/m0/s1. The largest absolute Gasteiger partial charge is 0.480 e. The number of carboxylic acids is 1. The van der Waals surface area contributed by atoms with E-state index in [1.54, 1.807) is 6.26 Å². The molecule has 2 N–H and O–H groups in total. The minimum absolute atomic E-state index is 0.0885. The van der Waals surface area contributed by atoms with Crippen molar-refractivity contribution in [2.24, 2.45) is 0 Å². The van der Waals surface area contributed by atoms with Gasteiger partial charge < -0.3 is 5.11 Å². The molecular formula is C11H13Cl2NO4S2. The zero-order valence-corrected chi connectivity index (χ0v) is 13.6. The topological polar surface area (TPSA) is 83.5 Å². The molecule has 0 saturated carbocycles. The maximum absolute atomic E-state index is 12.2. The second-order valence-electron chi connectivity index (χ2n) is 3.85. The van der Waals surface area contributed by atoms with Crippen LogP contribution in [-0.2, 0) is 14.8 Å². The van der Waals surface area contributed by atoms with E-state index >= 15 is 0 Å². The molecule has 0 saturated heterocycles. The number of hydrogen-bond acceptors (Lipinski definition) is 4.